The molecule has 2 heterocycles. The zero-order chi connectivity index (χ0) is 18.1. The van der Waals surface area contributed by atoms with Crippen molar-refractivity contribution in [3.63, 3.8) is 0 Å². The Balaban J connectivity index is 0.00000243. The number of nitrogens with zero attached hydrogens (tertiary/aromatic N) is 5. The molecule has 1 aromatic carbocycles. The summed E-state index contributed by atoms with van der Waals surface area (Å²) in [5, 5.41) is 20.4. The molecule has 0 aliphatic rings. The molecule has 0 saturated carbocycles. The molecular formula is C15H12ClF2KN6S. The first-order valence-corrected chi connectivity index (χ1v) is 8.06. The Morgan fingerprint density at radius 1 is 1.42 bits per heavy atom. The van der Waals surface area contributed by atoms with Crippen LogP contribution in [0.5, 0.6) is 0 Å². The minimum atomic E-state index is -0.510. The van der Waals surface area contributed by atoms with Crippen LogP contribution in [0.3, 0.4) is 0 Å². The standard InChI is InChI=1S/C15H12ClF2N6S.K/c1-20-14(16)5-12(19)15-10-3-9(8-6-21-23(2)7-8)11(17)4-13(10)22-24(15)25-18;/h3-7,19H,1-2H3;/q-1;+1/b14-5-,19-12?;. The maximum absolute atomic E-state index is 14.4. The van der Waals surface area contributed by atoms with Crippen LogP contribution in [0.4, 0.5) is 8.28 Å². The molecule has 0 radical (unpaired) electrons. The molecule has 26 heavy (non-hydrogen) atoms. The van der Waals surface area contributed by atoms with Crippen molar-refractivity contribution in [3.8, 4) is 11.1 Å². The van der Waals surface area contributed by atoms with E-state index in [0.29, 0.717) is 10.9 Å². The van der Waals surface area contributed by atoms with Gasteiger partial charge in [0.2, 0.25) is 0 Å². The predicted molar refractivity (Wildman–Crippen MR) is 96.0 cm³/mol. The van der Waals surface area contributed by atoms with E-state index in [1.165, 1.54) is 31.5 Å². The largest absolute Gasteiger partial charge is 1.00 e. The van der Waals surface area contributed by atoms with E-state index in [1.54, 1.807) is 17.9 Å². The van der Waals surface area contributed by atoms with Gasteiger partial charge in [-0.2, -0.15) is 14.3 Å². The van der Waals surface area contributed by atoms with E-state index in [4.69, 9.17) is 17.0 Å². The number of hydrogen-bond donors (Lipinski definition) is 1. The monoisotopic (exact) mass is 420 g/mol. The first-order chi connectivity index (χ1) is 11.9. The predicted octanol–water partition coefficient (Wildman–Crippen LogP) is 1.41. The molecule has 130 valence electrons. The summed E-state index contributed by atoms with van der Waals surface area (Å²) < 4.78 is 30.2. The second-order valence-corrected chi connectivity index (χ2v) is 6.02. The van der Waals surface area contributed by atoms with Crippen molar-refractivity contribution < 1.29 is 59.7 Å². The zero-order valence-corrected chi connectivity index (χ0v) is 18.9. The normalized spacial score (nSPS) is 11.5. The van der Waals surface area contributed by atoms with Crippen LogP contribution in [0.1, 0.15) is 5.69 Å². The Kier molecular flexibility index (Phi) is 7.42. The number of rotatable bonds is 5. The molecule has 11 heteroatoms. The second kappa shape index (κ2) is 8.96. The van der Waals surface area contributed by atoms with Crippen molar-refractivity contribution in [1.29, 1.82) is 5.41 Å². The molecule has 3 aromatic rings. The molecule has 0 fully saturated rings. The van der Waals surface area contributed by atoms with Crippen molar-refractivity contribution in [1.82, 2.24) is 19.0 Å². The average molecular weight is 421 g/mol. The number of aromatic nitrogens is 4. The first kappa shape index (κ1) is 21.5. The molecule has 6 nitrogen and oxygen atoms in total. The molecule has 0 bridgehead atoms. The van der Waals surface area contributed by atoms with Gasteiger partial charge in [0.05, 0.1) is 17.4 Å². The van der Waals surface area contributed by atoms with Gasteiger partial charge >= 0.3 is 51.4 Å². The Morgan fingerprint density at radius 3 is 2.73 bits per heavy atom. The molecular weight excluding hydrogens is 409 g/mol. The van der Waals surface area contributed by atoms with E-state index in [-0.39, 0.29) is 91.4 Å². The molecule has 0 spiro atoms. The van der Waals surface area contributed by atoms with Crippen LogP contribution in [-0.4, -0.2) is 31.7 Å². The van der Waals surface area contributed by atoms with Crippen LogP contribution < -0.4 is 51.4 Å². The van der Waals surface area contributed by atoms with Crippen LogP contribution in [0.15, 0.2) is 35.8 Å². The third-order valence-electron chi connectivity index (χ3n) is 3.54. The van der Waals surface area contributed by atoms with Crippen molar-refractivity contribution in [2.45, 2.75) is 0 Å². The number of aryl methyl sites for hydroxylation is 1. The fraction of sp³-hybridized carbons (Fsp3) is 0.133. The summed E-state index contributed by atoms with van der Waals surface area (Å²) in [6, 6.07) is 2.73. The van der Waals surface area contributed by atoms with Crippen LogP contribution in [-0.2, 0) is 7.05 Å². The Bertz CT molecular complexity index is 1000. The third kappa shape index (κ3) is 4.21. The topological polar surface area (TPSA) is 73.6 Å². The SMILES string of the molecule is C[N-]/C(Cl)=C\C(=N)c1c2cc(-c3cnn(C)c3)c(F)cc2nn1SF.[K+]. The van der Waals surface area contributed by atoms with E-state index in [9.17, 15) is 8.28 Å². The van der Waals surface area contributed by atoms with Crippen molar-refractivity contribution in [3.05, 3.63) is 52.6 Å². The van der Waals surface area contributed by atoms with E-state index in [0.717, 1.165) is 4.09 Å². The van der Waals surface area contributed by atoms with Gasteiger partial charge in [-0.25, -0.2) is 4.39 Å². The second-order valence-electron chi connectivity index (χ2n) is 5.15. The average Bonchev–Trinajstić information content (AvgIpc) is 3.16. The number of allylic oxidation sites excluding steroid dienone is 1. The fourth-order valence-corrected chi connectivity index (χ4v) is 2.91. The zero-order valence-electron chi connectivity index (χ0n) is 14.2. The summed E-state index contributed by atoms with van der Waals surface area (Å²) in [7, 11) is 3.20. The van der Waals surface area contributed by atoms with Crippen LogP contribution >= 0.6 is 23.9 Å². The Morgan fingerprint density at radius 2 is 2.15 bits per heavy atom. The van der Waals surface area contributed by atoms with Gasteiger partial charge < -0.3 is 5.32 Å². The third-order valence-corrected chi connectivity index (χ3v) is 4.22. The van der Waals surface area contributed by atoms with Crippen molar-refractivity contribution in [2.24, 2.45) is 7.05 Å². The van der Waals surface area contributed by atoms with Crippen molar-refractivity contribution >= 4 is 40.5 Å². The van der Waals surface area contributed by atoms with Crippen molar-refractivity contribution in [2.75, 3.05) is 7.05 Å². The molecule has 0 unspecified atom stereocenters. The smallest absolute Gasteiger partial charge is 0.677 e. The molecule has 0 saturated heterocycles. The van der Waals surface area contributed by atoms with Gasteiger partial charge in [0.1, 0.15) is 11.5 Å². The van der Waals surface area contributed by atoms with E-state index in [1.807, 2.05) is 0 Å². The van der Waals surface area contributed by atoms with Gasteiger partial charge in [0, 0.05) is 35.8 Å². The van der Waals surface area contributed by atoms with E-state index in [2.05, 4.69) is 15.5 Å². The molecule has 0 aliphatic carbocycles. The molecule has 0 aliphatic heterocycles. The molecule has 1 N–H and O–H groups in total. The molecule has 3 rings (SSSR count). The minimum absolute atomic E-state index is 0. The van der Waals surface area contributed by atoms with Gasteiger partial charge in [-0.15, -0.1) is 22.5 Å². The minimum Gasteiger partial charge on any atom is -0.677 e. The summed E-state index contributed by atoms with van der Waals surface area (Å²) in [4.78, 5) is 0. The number of halogens is 3. The van der Waals surface area contributed by atoms with Gasteiger partial charge in [0.15, 0.2) is 12.3 Å². The quantitative estimate of drug-likeness (QED) is 0.385. The van der Waals surface area contributed by atoms with Crippen LogP contribution in [0.25, 0.3) is 27.3 Å². The van der Waals surface area contributed by atoms with Gasteiger partial charge in [-0.3, -0.25) is 10.1 Å². The Labute approximate surface area is 200 Å². The summed E-state index contributed by atoms with van der Waals surface area (Å²) in [6.07, 6.45) is 4.46. The number of nitrogens with one attached hydrogen (secondary N) is 1. The van der Waals surface area contributed by atoms with Gasteiger partial charge in [0.25, 0.3) is 0 Å². The number of hydrogen-bond acceptors (Lipinski definition) is 4. The molecule has 0 amide bonds. The molecule has 2 aromatic heterocycles. The summed E-state index contributed by atoms with van der Waals surface area (Å²) in [5.41, 5.74) is 1.15. The van der Waals surface area contributed by atoms with Gasteiger partial charge in [-0.05, 0) is 12.1 Å². The maximum Gasteiger partial charge on any atom is 1.00 e. The van der Waals surface area contributed by atoms with Crippen LogP contribution in [0, 0.1) is 11.2 Å². The molecule has 0 atom stereocenters. The Hall–Kier alpha value is -0.754. The first-order valence-electron chi connectivity index (χ1n) is 7.01. The van der Waals surface area contributed by atoms with E-state index >= 15 is 0 Å². The summed E-state index contributed by atoms with van der Waals surface area (Å²) >= 11 is 5.65. The number of fused-ring (bicyclic) bond motifs is 1. The van der Waals surface area contributed by atoms with E-state index < -0.39 is 5.82 Å². The number of benzene rings is 1. The van der Waals surface area contributed by atoms with Gasteiger partial charge in [-0.1, -0.05) is 5.16 Å². The van der Waals surface area contributed by atoms with Crippen LogP contribution in [0.2, 0.25) is 0 Å². The summed E-state index contributed by atoms with van der Waals surface area (Å²) in [5.74, 6) is -0.510. The maximum atomic E-state index is 14.4. The summed E-state index contributed by atoms with van der Waals surface area (Å²) in [6.45, 7) is 0. The fourth-order valence-electron chi connectivity index (χ4n) is 2.42.